The highest BCUT2D eigenvalue weighted by molar-refractivity contribution is 7.79. The van der Waals surface area contributed by atoms with Gasteiger partial charge >= 0.3 is 0 Å². The third kappa shape index (κ3) is 1.53. The van der Waals surface area contributed by atoms with E-state index in [-0.39, 0.29) is 5.16 Å². The van der Waals surface area contributed by atoms with Crippen molar-refractivity contribution in [3.63, 3.8) is 0 Å². The highest BCUT2D eigenvalue weighted by Crippen LogP contribution is 2.07. The summed E-state index contributed by atoms with van der Waals surface area (Å²) in [5, 5.41) is 7.06. The molecule has 0 amide bonds. The quantitative estimate of drug-likeness (QED) is 0.674. The molecule has 1 aromatic heterocycles. The van der Waals surface area contributed by atoms with Gasteiger partial charge in [-0.1, -0.05) is 12.1 Å². The molecule has 0 bridgehead atoms. The van der Waals surface area contributed by atoms with E-state index >= 15 is 0 Å². The van der Waals surface area contributed by atoms with Gasteiger partial charge in [-0.25, -0.2) is 9.19 Å². The number of hydrogen-bond acceptors (Lipinski definition) is 4. The van der Waals surface area contributed by atoms with Gasteiger partial charge in [0.15, 0.2) is 0 Å². The number of aromatic nitrogens is 3. The zero-order chi connectivity index (χ0) is 9.26. The Bertz CT molecular complexity index is 474. The minimum atomic E-state index is -2.17. The van der Waals surface area contributed by atoms with Crippen LogP contribution < -0.4 is 0 Å². The molecule has 0 saturated carbocycles. The van der Waals surface area contributed by atoms with E-state index in [4.69, 9.17) is 4.55 Å². The number of para-hydroxylation sites is 1. The number of hydrogen-bond donors (Lipinski definition) is 1. The molecule has 0 saturated heterocycles. The normalized spacial score (nSPS) is 13.0. The number of benzene rings is 1. The zero-order valence-electron chi connectivity index (χ0n) is 6.41. The molecule has 66 valence electrons. The van der Waals surface area contributed by atoms with Crippen molar-refractivity contribution in [3.05, 3.63) is 24.3 Å². The first-order chi connectivity index (χ1) is 6.27. The van der Waals surface area contributed by atoms with Crippen LogP contribution in [-0.2, 0) is 11.1 Å². The lowest BCUT2D eigenvalue weighted by atomic mass is 10.3. The fourth-order valence-electron chi connectivity index (χ4n) is 0.939. The summed E-state index contributed by atoms with van der Waals surface area (Å²) in [5.74, 6) is 0. The van der Waals surface area contributed by atoms with Crippen molar-refractivity contribution < 1.29 is 8.76 Å². The van der Waals surface area contributed by atoms with E-state index in [1.807, 2.05) is 0 Å². The topological polar surface area (TPSA) is 76.0 Å². The van der Waals surface area contributed by atoms with Crippen LogP contribution in [0.5, 0.6) is 0 Å². The van der Waals surface area contributed by atoms with Crippen LogP contribution in [0.15, 0.2) is 29.4 Å². The summed E-state index contributed by atoms with van der Waals surface area (Å²) < 4.78 is 19.3. The molecule has 2 rings (SSSR count). The largest absolute Gasteiger partial charge is 0.300 e. The summed E-state index contributed by atoms with van der Waals surface area (Å²) in [6.45, 7) is 0. The number of rotatable bonds is 1. The summed E-state index contributed by atoms with van der Waals surface area (Å²) in [4.78, 5) is 3.85. The fraction of sp³-hybridized carbons (Fsp3) is 0. The second-order valence-electron chi connectivity index (χ2n) is 2.33. The molecule has 0 radical (unpaired) electrons. The van der Waals surface area contributed by atoms with Gasteiger partial charge < -0.3 is 0 Å². The first-order valence-corrected chi connectivity index (χ1v) is 4.58. The van der Waals surface area contributed by atoms with Gasteiger partial charge in [-0.05, 0) is 12.1 Å². The summed E-state index contributed by atoms with van der Waals surface area (Å²) in [7, 11) is 0. The van der Waals surface area contributed by atoms with Crippen LogP contribution in [0.25, 0.3) is 11.0 Å². The molecule has 1 heterocycles. The van der Waals surface area contributed by atoms with Crippen LogP contribution in [0, 0.1) is 0 Å². The third-order valence-corrected chi connectivity index (χ3v) is 1.98. The first-order valence-electron chi connectivity index (χ1n) is 3.48. The van der Waals surface area contributed by atoms with E-state index in [2.05, 4.69) is 15.2 Å². The Morgan fingerprint density at radius 2 is 1.85 bits per heavy atom. The molecule has 0 spiro atoms. The van der Waals surface area contributed by atoms with Gasteiger partial charge in [0.2, 0.25) is 11.1 Å². The molecule has 6 heteroatoms. The Hall–Kier alpha value is -1.40. The van der Waals surface area contributed by atoms with Crippen molar-refractivity contribution in [2.24, 2.45) is 0 Å². The molecule has 13 heavy (non-hydrogen) atoms. The van der Waals surface area contributed by atoms with E-state index in [0.29, 0.717) is 11.0 Å². The van der Waals surface area contributed by atoms with Gasteiger partial charge in [0.25, 0.3) is 5.16 Å². The molecular formula is C7H5N3O2S. The first kappa shape index (κ1) is 8.21. The van der Waals surface area contributed by atoms with Crippen LogP contribution in [0.3, 0.4) is 0 Å². The minimum absolute atomic E-state index is 0.168. The summed E-state index contributed by atoms with van der Waals surface area (Å²) in [6.07, 6.45) is 0. The Morgan fingerprint density at radius 3 is 2.54 bits per heavy atom. The Labute approximate surface area is 76.1 Å². The van der Waals surface area contributed by atoms with E-state index in [1.165, 1.54) is 0 Å². The lowest BCUT2D eigenvalue weighted by Crippen LogP contribution is -1.99. The third-order valence-electron chi connectivity index (χ3n) is 1.50. The van der Waals surface area contributed by atoms with Crippen LogP contribution in [0.4, 0.5) is 0 Å². The predicted octanol–water partition coefficient (Wildman–Crippen LogP) is 0.605. The van der Waals surface area contributed by atoms with Gasteiger partial charge in [0.1, 0.15) is 5.52 Å². The van der Waals surface area contributed by atoms with Crippen LogP contribution >= 0.6 is 0 Å². The average molecular weight is 195 g/mol. The Balaban J connectivity index is 2.69. The predicted molar refractivity (Wildman–Crippen MR) is 46.4 cm³/mol. The maximum absolute atomic E-state index is 10.6. The molecule has 0 aliphatic carbocycles. The molecule has 1 atom stereocenters. The molecule has 0 fully saturated rings. The summed E-state index contributed by atoms with van der Waals surface area (Å²) in [6, 6.07) is 7.02. The number of nitrogens with zero attached hydrogens (tertiary/aromatic N) is 3. The number of fused-ring (bicyclic) bond motifs is 1. The second kappa shape index (κ2) is 3.15. The minimum Gasteiger partial charge on any atom is -0.300 e. The monoisotopic (exact) mass is 195 g/mol. The van der Waals surface area contributed by atoms with E-state index in [1.54, 1.807) is 24.3 Å². The van der Waals surface area contributed by atoms with Gasteiger partial charge in [0.05, 0.1) is 5.52 Å². The molecule has 5 nitrogen and oxygen atoms in total. The van der Waals surface area contributed by atoms with Gasteiger partial charge in [-0.15, -0.1) is 10.2 Å². The van der Waals surface area contributed by atoms with Crippen molar-refractivity contribution in [1.82, 2.24) is 15.2 Å². The maximum atomic E-state index is 10.6. The highest BCUT2D eigenvalue weighted by Gasteiger charge is 2.05. The van der Waals surface area contributed by atoms with Gasteiger partial charge in [0, 0.05) is 0 Å². The smallest absolute Gasteiger partial charge is 0.267 e. The van der Waals surface area contributed by atoms with E-state index < -0.39 is 11.1 Å². The molecule has 1 aromatic carbocycles. The molecule has 0 aliphatic heterocycles. The lowest BCUT2D eigenvalue weighted by molar-refractivity contribution is 0.553. The van der Waals surface area contributed by atoms with Gasteiger partial charge in [-0.2, -0.15) is 0 Å². The van der Waals surface area contributed by atoms with Crippen molar-refractivity contribution in [3.8, 4) is 0 Å². The van der Waals surface area contributed by atoms with Crippen molar-refractivity contribution in [2.45, 2.75) is 5.16 Å². The molecule has 1 N–H and O–H groups in total. The zero-order valence-corrected chi connectivity index (χ0v) is 7.23. The van der Waals surface area contributed by atoms with Crippen LogP contribution in [0.1, 0.15) is 0 Å². The van der Waals surface area contributed by atoms with Crippen molar-refractivity contribution in [1.29, 1.82) is 0 Å². The summed E-state index contributed by atoms with van der Waals surface area (Å²) >= 11 is -2.17. The van der Waals surface area contributed by atoms with Gasteiger partial charge in [-0.3, -0.25) is 4.55 Å². The second-order valence-corrected chi connectivity index (χ2v) is 3.20. The van der Waals surface area contributed by atoms with Crippen molar-refractivity contribution >= 4 is 22.1 Å². The van der Waals surface area contributed by atoms with Crippen LogP contribution in [-0.4, -0.2) is 23.9 Å². The SMILES string of the molecule is O=S(O)c1nnc2ccccc2n1. The Kier molecular flexibility index (Phi) is 1.99. The van der Waals surface area contributed by atoms with Crippen LogP contribution in [0.2, 0.25) is 0 Å². The molecule has 2 aromatic rings. The standard InChI is InChI=1S/C7H5N3O2S/c11-13(12)7-8-5-3-1-2-4-6(5)9-10-7/h1-4H,(H,11,12). The van der Waals surface area contributed by atoms with E-state index in [0.717, 1.165) is 0 Å². The average Bonchev–Trinajstić information content (AvgIpc) is 2.17. The van der Waals surface area contributed by atoms with Crippen molar-refractivity contribution in [2.75, 3.05) is 0 Å². The lowest BCUT2D eigenvalue weighted by Gasteiger charge is -1.95. The van der Waals surface area contributed by atoms with E-state index in [9.17, 15) is 4.21 Å². The molecule has 0 aliphatic rings. The summed E-state index contributed by atoms with van der Waals surface area (Å²) in [5.41, 5.74) is 1.17. The highest BCUT2D eigenvalue weighted by atomic mass is 32.2. The Morgan fingerprint density at radius 1 is 1.15 bits per heavy atom. The molecular weight excluding hydrogens is 190 g/mol. The fourth-order valence-corrected chi connectivity index (χ4v) is 1.23. The maximum Gasteiger partial charge on any atom is 0.267 e. The molecule has 1 unspecified atom stereocenters.